The van der Waals surface area contributed by atoms with Gasteiger partial charge in [-0.05, 0) is 18.1 Å². The molecule has 84 valence electrons. The Morgan fingerprint density at radius 1 is 1.31 bits per heavy atom. The molecule has 0 aromatic heterocycles. The lowest BCUT2D eigenvalue weighted by Gasteiger charge is -2.03. The molecule has 0 aliphatic heterocycles. The molecule has 1 aromatic carbocycles. The van der Waals surface area contributed by atoms with Crippen molar-refractivity contribution in [1.29, 1.82) is 0 Å². The number of hydrogen-bond donors (Lipinski definition) is 2. The summed E-state index contributed by atoms with van der Waals surface area (Å²) in [6.07, 6.45) is 0.385. The molecule has 3 nitrogen and oxygen atoms in total. The van der Waals surface area contributed by atoms with E-state index in [4.69, 9.17) is 5.73 Å². The molecule has 3 N–H and O–H groups in total. The first-order valence-corrected chi connectivity index (χ1v) is 5.20. The topological polar surface area (TPSA) is 55.1 Å². The standard InChI is InChI=1S/C13H16N2O/c1-2-3-8-15-13(16)9-11-4-6-12(10-14)7-5-11/h4-7H,8-10,14H2,1H3,(H,15,16). The van der Waals surface area contributed by atoms with Gasteiger partial charge in [0.05, 0.1) is 13.0 Å². The minimum absolute atomic E-state index is 0.0109. The van der Waals surface area contributed by atoms with Crippen molar-refractivity contribution in [3.63, 3.8) is 0 Å². The zero-order chi connectivity index (χ0) is 11.8. The predicted molar refractivity (Wildman–Crippen MR) is 64.5 cm³/mol. The van der Waals surface area contributed by atoms with Crippen LogP contribution < -0.4 is 11.1 Å². The molecule has 0 heterocycles. The maximum atomic E-state index is 11.4. The molecule has 0 saturated heterocycles. The van der Waals surface area contributed by atoms with Gasteiger partial charge in [-0.15, -0.1) is 5.92 Å². The number of benzene rings is 1. The summed E-state index contributed by atoms with van der Waals surface area (Å²) in [7, 11) is 0. The van der Waals surface area contributed by atoms with Crippen LogP contribution in [0.15, 0.2) is 24.3 Å². The largest absolute Gasteiger partial charge is 0.345 e. The van der Waals surface area contributed by atoms with Gasteiger partial charge in [0, 0.05) is 6.54 Å². The molecule has 0 aliphatic rings. The minimum Gasteiger partial charge on any atom is -0.345 e. The Bertz CT molecular complexity index is 398. The van der Waals surface area contributed by atoms with Gasteiger partial charge < -0.3 is 11.1 Å². The zero-order valence-corrected chi connectivity index (χ0v) is 9.42. The molecule has 3 heteroatoms. The van der Waals surface area contributed by atoms with Crippen LogP contribution in [0.3, 0.4) is 0 Å². The van der Waals surface area contributed by atoms with Crippen LogP contribution in [0.25, 0.3) is 0 Å². The van der Waals surface area contributed by atoms with E-state index >= 15 is 0 Å². The summed E-state index contributed by atoms with van der Waals surface area (Å²) in [4.78, 5) is 11.4. The third-order valence-electron chi connectivity index (χ3n) is 2.17. The molecule has 0 atom stereocenters. The van der Waals surface area contributed by atoms with Crippen LogP contribution in [0, 0.1) is 11.8 Å². The van der Waals surface area contributed by atoms with Crippen molar-refractivity contribution in [1.82, 2.24) is 5.32 Å². The van der Waals surface area contributed by atoms with E-state index in [0.717, 1.165) is 11.1 Å². The van der Waals surface area contributed by atoms with Crippen LogP contribution in [0.5, 0.6) is 0 Å². The molecule has 0 fully saturated rings. The summed E-state index contributed by atoms with van der Waals surface area (Å²) >= 11 is 0. The van der Waals surface area contributed by atoms with Crippen molar-refractivity contribution >= 4 is 5.91 Å². The molecular formula is C13H16N2O. The summed E-state index contributed by atoms with van der Waals surface area (Å²) in [6, 6.07) is 7.73. The van der Waals surface area contributed by atoms with Gasteiger partial charge in [0.1, 0.15) is 0 Å². The quantitative estimate of drug-likeness (QED) is 0.732. The van der Waals surface area contributed by atoms with Crippen molar-refractivity contribution in [3.8, 4) is 11.8 Å². The maximum absolute atomic E-state index is 11.4. The average Bonchev–Trinajstić information content (AvgIpc) is 2.30. The smallest absolute Gasteiger partial charge is 0.225 e. The Morgan fingerprint density at radius 3 is 2.50 bits per heavy atom. The summed E-state index contributed by atoms with van der Waals surface area (Å²) in [5.41, 5.74) is 7.54. The van der Waals surface area contributed by atoms with Crippen LogP contribution in [-0.2, 0) is 17.8 Å². The summed E-state index contributed by atoms with van der Waals surface area (Å²) in [6.45, 7) is 2.69. The molecule has 0 saturated carbocycles. The Hall–Kier alpha value is -1.79. The number of nitrogens with two attached hydrogens (primary N) is 1. The van der Waals surface area contributed by atoms with Crippen molar-refractivity contribution in [2.45, 2.75) is 19.9 Å². The van der Waals surface area contributed by atoms with E-state index in [-0.39, 0.29) is 5.91 Å². The normalized spacial score (nSPS) is 9.12. The predicted octanol–water partition coefficient (Wildman–Crippen LogP) is 0.827. The molecule has 0 bridgehead atoms. The first-order chi connectivity index (χ1) is 7.76. The third-order valence-corrected chi connectivity index (χ3v) is 2.17. The fourth-order valence-electron chi connectivity index (χ4n) is 1.27. The monoisotopic (exact) mass is 216 g/mol. The highest BCUT2D eigenvalue weighted by Crippen LogP contribution is 2.04. The van der Waals surface area contributed by atoms with Crippen molar-refractivity contribution in [2.75, 3.05) is 6.54 Å². The van der Waals surface area contributed by atoms with Crippen molar-refractivity contribution in [2.24, 2.45) is 5.73 Å². The van der Waals surface area contributed by atoms with E-state index < -0.39 is 0 Å². The van der Waals surface area contributed by atoms with Gasteiger partial charge >= 0.3 is 0 Å². The maximum Gasteiger partial charge on any atom is 0.225 e. The van der Waals surface area contributed by atoms with Gasteiger partial charge in [-0.1, -0.05) is 30.2 Å². The molecule has 16 heavy (non-hydrogen) atoms. The third kappa shape index (κ3) is 4.16. The first-order valence-electron chi connectivity index (χ1n) is 5.20. The number of amides is 1. The molecule has 0 spiro atoms. The summed E-state index contributed by atoms with van der Waals surface area (Å²) < 4.78 is 0. The van der Waals surface area contributed by atoms with Gasteiger partial charge in [-0.2, -0.15) is 0 Å². The second-order valence-electron chi connectivity index (χ2n) is 3.40. The van der Waals surface area contributed by atoms with E-state index in [1.165, 1.54) is 0 Å². The fourth-order valence-corrected chi connectivity index (χ4v) is 1.27. The van der Waals surface area contributed by atoms with E-state index in [2.05, 4.69) is 17.2 Å². The lowest BCUT2D eigenvalue weighted by molar-refractivity contribution is -0.120. The number of hydrogen-bond acceptors (Lipinski definition) is 2. The van der Waals surface area contributed by atoms with E-state index in [1.807, 2.05) is 24.3 Å². The lowest BCUT2D eigenvalue weighted by Crippen LogP contribution is -2.25. The Kier molecular flexibility index (Phi) is 5.10. The molecule has 0 aliphatic carbocycles. The van der Waals surface area contributed by atoms with E-state index in [1.54, 1.807) is 6.92 Å². The Morgan fingerprint density at radius 2 is 1.94 bits per heavy atom. The van der Waals surface area contributed by atoms with Gasteiger partial charge in [-0.3, -0.25) is 4.79 Å². The second kappa shape index (κ2) is 6.65. The summed E-state index contributed by atoms with van der Waals surface area (Å²) in [5, 5.41) is 2.72. The Labute approximate surface area is 96.0 Å². The Balaban J connectivity index is 2.45. The number of rotatable bonds is 4. The molecule has 0 radical (unpaired) electrons. The number of nitrogens with one attached hydrogen (secondary N) is 1. The van der Waals surface area contributed by atoms with Gasteiger partial charge in [0.15, 0.2) is 0 Å². The van der Waals surface area contributed by atoms with E-state index in [0.29, 0.717) is 19.5 Å². The molecule has 1 aromatic rings. The van der Waals surface area contributed by atoms with E-state index in [9.17, 15) is 4.79 Å². The van der Waals surface area contributed by atoms with Crippen LogP contribution in [0.4, 0.5) is 0 Å². The highest BCUT2D eigenvalue weighted by Gasteiger charge is 2.01. The van der Waals surface area contributed by atoms with Crippen molar-refractivity contribution < 1.29 is 4.79 Å². The van der Waals surface area contributed by atoms with Gasteiger partial charge in [0.2, 0.25) is 5.91 Å². The molecule has 1 amide bonds. The SMILES string of the molecule is CC#CCNC(=O)Cc1ccc(CN)cc1. The number of carbonyl (C=O) groups is 1. The molecule has 1 rings (SSSR count). The van der Waals surface area contributed by atoms with Crippen LogP contribution in [-0.4, -0.2) is 12.5 Å². The van der Waals surface area contributed by atoms with Crippen LogP contribution in [0.2, 0.25) is 0 Å². The van der Waals surface area contributed by atoms with Gasteiger partial charge in [0.25, 0.3) is 0 Å². The number of carbonyl (C=O) groups excluding carboxylic acids is 1. The minimum atomic E-state index is -0.0109. The highest BCUT2D eigenvalue weighted by atomic mass is 16.1. The molecular weight excluding hydrogens is 200 g/mol. The zero-order valence-electron chi connectivity index (χ0n) is 9.42. The van der Waals surface area contributed by atoms with Crippen LogP contribution >= 0.6 is 0 Å². The molecule has 0 unspecified atom stereocenters. The highest BCUT2D eigenvalue weighted by molar-refractivity contribution is 5.78. The summed E-state index contributed by atoms with van der Waals surface area (Å²) in [5.74, 6) is 5.50. The first kappa shape index (κ1) is 12.3. The van der Waals surface area contributed by atoms with Gasteiger partial charge in [-0.25, -0.2) is 0 Å². The second-order valence-corrected chi connectivity index (χ2v) is 3.40. The van der Waals surface area contributed by atoms with Crippen LogP contribution in [0.1, 0.15) is 18.1 Å². The fraction of sp³-hybridized carbons (Fsp3) is 0.308. The van der Waals surface area contributed by atoms with Crippen molar-refractivity contribution in [3.05, 3.63) is 35.4 Å². The lowest BCUT2D eigenvalue weighted by atomic mass is 10.1. The average molecular weight is 216 g/mol.